The first-order valence-electron chi connectivity index (χ1n) is 4.51. The van der Waals surface area contributed by atoms with Crippen LogP contribution in [0.3, 0.4) is 0 Å². The normalized spacial score (nSPS) is 15.2. The Balaban J connectivity index is 0. The zero-order valence-electron chi connectivity index (χ0n) is 8.75. The first-order valence-corrected chi connectivity index (χ1v) is 4.51. The monoisotopic (exact) mass is 296 g/mol. The van der Waals surface area contributed by atoms with Crippen molar-refractivity contribution in [1.29, 1.82) is 0 Å². The van der Waals surface area contributed by atoms with E-state index in [2.05, 4.69) is 56.0 Å². The molecule has 0 fully saturated rings. The second kappa shape index (κ2) is 10.3. The fourth-order valence-corrected chi connectivity index (χ4v) is 1.38. The molecule has 0 amide bonds. The van der Waals surface area contributed by atoms with E-state index >= 15 is 0 Å². The molecule has 0 aromatic carbocycles. The zero-order valence-corrected chi connectivity index (χ0v) is 12.0. The Hall–Kier alpha value is -0.257. The third kappa shape index (κ3) is 6.02. The predicted molar refractivity (Wildman–Crippen MR) is 59.2 cm³/mol. The number of allylic oxidation sites excluding steroid dienone is 8. The second-order valence-corrected chi connectivity index (χ2v) is 2.89. The summed E-state index contributed by atoms with van der Waals surface area (Å²) in [5.41, 5.74) is 2.86. The molecule has 78 valence electrons. The minimum absolute atomic E-state index is 0. The molecule has 0 nitrogen and oxygen atoms in total. The molecular weight excluding hydrogens is 283 g/mol. The Labute approximate surface area is 118 Å². The van der Waals surface area contributed by atoms with Gasteiger partial charge >= 0.3 is 26.2 Å². The van der Waals surface area contributed by atoms with E-state index in [1.807, 2.05) is 0 Å². The van der Waals surface area contributed by atoms with Gasteiger partial charge in [0.2, 0.25) is 0 Å². The minimum Gasteiger partial charge on any atom is -1.00 e. The molecule has 0 saturated heterocycles. The summed E-state index contributed by atoms with van der Waals surface area (Å²) in [5, 5.41) is 0. The van der Waals surface area contributed by atoms with Crippen LogP contribution in [-0.4, -0.2) is 0 Å². The Morgan fingerprint density at radius 3 is 1.60 bits per heavy atom. The van der Waals surface area contributed by atoms with E-state index in [4.69, 9.17) is 0 Å². The van der Waals surface area contributed by atoms with Gasteiger partial charge in [-0.05, 0) is 12.8 Å². The average Bonchev–Trinajstić information content (AvgIpc) is 2.81. The summed E-state index contributed by atoms with van der Waals surface area (Å²) >= 11 is 0. The van der Waals surface area contributed by atoms with Crippen LogP contribution in [0.4, 0.5) is 0 Å². The van der Waals surface area contributed by atoms with Crippen molar-refractivity contribution < 1.29 is 38.6 Å². The van der Waals surface area contributed by atoms with Gasteiger partial charge in [0, 0.05) is 0 Å². The SMILES string of the molecule is C1=CCC([CH-]C2=CC=CC2)=C1.C=C.[Cl-].[Zr+2]. The molecule has 0 atom stereocenters. The van der Waals surface area contributed by atoms with Crippen LogP contribution in [0.25, 0.3) is 0 Å². The quantitative estimate of drug-likeness (QED) is 0.522. The molecule has 2 rings (SSSR count). The molecule has 2 aliphatic rings. The van der Waals surface area contributed by atoms with Crippen molar-refractivity contribution in [3.63, 3.8) is 0 Å². The van der Waals surface area contributed by atoms with E-state index in [9.17, 15) is 0 Å². The molecule has 2 aliphatic carbocycles. The van der Waals surface area contributed by atoms with Gasteiger partial charge < -0.3 is 12.4 Å². The molecule has 0 aliphatic heterocycles. The van der Waals surface area contributed by atoms with Crippen LogP contribution in [0.2, 0.25) is 0 Å². The van der Waals surface area contributed by atoms with Gasteiger partial charge in [-0.2, -0.15) is 29.7 Å². The van der Waals surface area contributed by atoms with Gasteiger partial charge in [0.1, 0.15) is 0 Å². The Morgan fingerprint density at radius 1 is 0.933 bits per heavy atom. The summed E-state index contributed by atoms with van der Waals surface area (Å²) in [5.74, 6) is 0. The largest absolute Gasteiger partial charge is 2.00 e. The van der Waals surface area contributed by atoms with E-state index < -0.39 is 0 Å². The van der Waals surface area contributed by atoms with Crippen molar-refractivity contribution in [3.05, 3.63) is 67.2 Å². The third-order valence-corrected chi connectivity index (χ3v) is 1.97. The van der Waals surface area contributed by atoms with E-state index in [0.29, 0.717) is 0 Å². The summed E-state index contributed by atoms with van der Waals surface area (Å²) in [6.45, 7) is 6.00. The smallest absolute Gasteiger partial charge is 1.00 e. The summed E-state index contributed by atoms with van der Waals surface area (Å²) < 4.78 is 0. The number of hydrogen-bond acceptors (Lipinski definition) is 0. The van der Waals surface area contributed by atoms with Crippen molar-refractivity contribution in [2.75, 3.05) is 0 Å². The van der Waals surface area contributed by atoms with E-state index in [0.717, 1.165) is 12.8 Å². The van der Waals surface area contributed by atoms with Gasteiger partial charge in [-0.15, -0.1) is 25.3 Å². The summed E-state index contributed by atoms with van der Waals surface area (Å²) in [6, 6.07) is 0. The average molecular weight is 298 g/mol. The fraction of sp³-hybridized carbons (Fsp3) is 0.154. The van der Waals surface area contributed by atoms with Gasteiger partial charge in [-0.3, -0.25) is 0 Å². The molecule has 0 heterocycles. The molecule has 0 saturated carbocycles. The van der Waals surface area contributed by atoms with Crippen LogP contribution in [0, 0.1) is 6.42 Å². The summed E-state index contributed by atoms with van der Waals surface area (Å²) in [7, 11) is 0. The third-order valence-electron chi connectivity index (χ3n) is 1.97. The maximum atomic E-state index is 3.00. The van der Waals surface area contributed by atoms with Crippen LogP contribution < -0.4 is 12.4 Å². The van der Waals surface area contributed by atoms with E-state index in [1.54, 1.807) is 0 Å². The molecule has 0 unspecified atom stereocenters. The van der Waals surface area contributed by atoms with Gasteiger partial charge in [-0.1, -0.05) is 12.2 Å². The Bertz CT molecular complexity index is 257. The molecule has 2 heteroatoms. The maximum absolute atomic E-state index is 3.00. The summed E-state index contributed by atoms with van der Waals surface area (Å²) in [6.07, 6.45) is 17.5. The van der Waals surface area contributed by atoms with Crippen LogP contribution >= 0.6 is 0 Å². The summed E-state index contributed by atoms with van der Waals surface area (Å²) in [4.78, 5) is 0. The first-order chi connectivity index (χ1) is 6.45. The molecule has 0 radical (unpaired) electrons. The topological polar surface area (TPSA) is 0 Å². The van der Waals surface area contributed by atoms with Crippen LogP contribution in [-0.2, 0) is 26.2 Å². The molecular formula is C13H15ClZr. The molecule has 0 aromatic rings. The zero-order chi connectivity index (χ0) is 9.52. The Morgan fingerprint density at radius 2 is 1.33 bits per heavy atom. The van der Waals surface area contributed by atoms with Crippen LogP contribution in [0.15, 0.2) is 60.8 Å². The minimum atomic E-state index is 0. The van der Waals surface area contributed by atoms with Gasteiger partial charge in [0.15, 0.2) is 0 Å². The fourth-order valence-electron chi connectivity index (χ4n) is 1.38. The standard InChI is InChI=1S/C11H11.C2H4.ClH.Zr/c1-2-6-10(5-1)9-11-7-3-4-8-11;1-2;;/h1-5,7,9H,6,8H2;1-2H2;1H;/q-1;;;+2/p-1. The first kappa shape index (κ1) is 17.1. The molecule has 0 N–H and O–H groups in total. The molecule has 0 aromatic heterocycles. The van der Waals surface area contributed by atoms with Crippen molar-refractivity contribution in [2.45, 2.75) is 12.8 Å². The van der Waals surface area contributed by atoms with Gasteiger partial charge in [-0.25, -0.2) is 0 Å². The van der Waals surface area contributed by atoms with Crippen molar-refractivity contribution in [1.82, 2.24) is 0 Å². The van der Waals surface area contributed by atoms with E-state index in [1.165, 1.54) is 11.1 Å². The number of rotatable bonds is 2. The predicted octanol–water partition coefficient (Wildman–Crippen LogP) is 0.767. The molecule has 0 bridgehead atoms. The van der Waals surface area contributed by atoms with Gasteiger partial charge in [0.05, 0.1) is 0 Å². The van der Waals surface area contributed by atoms with Crippen molar-refractivity contribution in [3.8, 4) is 0 Å². The molecule has 0 spiro atoms. The molecule has 15 heavy (non-hydrogen) atoms. The van der Waals surface area contributed by atoms with Crippen LogP contribution in [0.1, 0.15) is 12.8 Å². The van der Waals surface area contributed by atoms with Gasteiger partial charge in [0.25, 0.3) is 0 Å². The Kier molecular flexibility index (Phi) is 11.7. The van der Waals surface area contributed by atoms with Crippen LogP contribution in [0.5, 0.6) is 0 Å². The maximum Gasteiger partial charge on any atom is 2.00 e. The van der Waals surface area contributed by atoms with Crippen molar-refractivity contribution in [2.24, 2.45) is 0 Å². The second-order valence-electron chi connectivity index (χ2n) is 2.89. The number of hydrogen-bond donors (Lipinski definition) is 0. The van der Waals surface area contributed by atoms with Crippen molar-refractivity contribution >= 4 is 0 Å². The number of halogens is 1. The van der Waals surface area contributed by atoms with E-state index in [-0.39, 0.29) is 38.6 Å².